The van der Waals surface area contributed by atoms with Gasteiger partial charge in [0.15, 0.2) is 11.2 Å². The SMILES string of the molecule is Cn1cc(O)c(=O)cc1COc1ccc2oc(-c3ccccc3)cc(=O)c2c1. The van der Waals surface area contributed by atoms with Gasteiger partial charge in [-0.05, 0) is 18.2 Å². The molecule has 4 aromatic rings. The van der Waals surface area contributed by atoms with E-state index in [0.29, 0.717) is 28.2 Å². The van der Waals surface area contributed by atoms with Crippen molar-refractivity contribution >= 4 is 11.0 Å². The Hall–Kier alpha value is -3.80. The lowest BCUT2D eigenvalue weighted by atomic mass is 10.1. The van der Waals surface area contributed by atoms with E-state index in [0.717, 1.165) is 5.56 Å². The Bertz CT molecular complexity index is 1270. The summed E-state index contributed by atoms with van der Waals surface area (Å²) in [6.45, 7) is 0.116. The van der Waals surface area contributed by atoms with Crippen LogP contribution in [0.15, 0.2) is 80.9 Å². The minimum absolute atomic E-state index is 0.116. The van der Waals surface area contributed by atoms with Crippen LogP contribution in [0.2, 0.25) is 0 Å². The molecule has 2 aromatic heterocycles. The summed E-state index contributed by atoms with van der Waals surface area (Å²) >= 11 is 0. The summed E-state index contributed by atoms with van der Waals surface area (Å²) in [6, 6.07) is 17.2. The van der Waals surface area contributed by atoms with E-state index in [1.165, 1.54) is 18.3 Å². The van der Waals surface area contributed by atoms with Gasteiger partial charge in [0, 0.05) is 30.9 Å². The molecule has 140 valence electrons. The van der Waals surface area contributed by atoms with Crippen molar-refractivity contribution in [3.8, 4) is 22.8 Å². The van der Waals surface area contributed by atoms with Crippen LogP contribution in [-0.2, 0) is 13.7 Å². The molecule has 4 rings (SSSR count). The summed E-state index contributed by atoms with van der Waals surface area (Å²) in [5.74, 6) is 0.669. The van der Waals surface area contributed by atoms with E-state index in [1.807, 2.05) is 30.3 Å². The van der Waals surface area contributed by atoms with Gasteiger partial charge in [0.2, 0.25) is 5.43 Å². The number of benzene rings is 2. The average Bonchev–Trinajstić information content (AvgIpc) is 2.70. The van der Waals surface area contributed by atoms with Crippen LogP contribution in [0, 0.1) is 0 Å². The van der Waals surface area contributed by atoms with Crippen LogP contribution in [0.3, 0.4) is 0 Å². The van der Waals surface area contributed by atoms with E-state index in [1.54, 1.807) is 29.8 Å². The van der Waals surface area contributed by atoms with E-state index in [9.17, 15) is 14.7 Å². The molecule has 0 aliphatic carbocycles. The number of ether oxygens (including phenoxy) is 1. The minimum atomic E-state index is -0.468. The Morgan fingerprint density at radius 2 is 1.79 bits per heavy atom. The van der Waals surface area contributed by atoms with Crippen molar-refractivity contribution in [2.45, 2.75) is 6.61 Å². The molecule has 0 aliphatic heterocycles. The molecule has 28 heavy (non-hydrogen) atoms. The fourth-order valence-corrected chi connectivity index (χ4v) is 2.93. The fourth-order valence-electron chi connectivity index (χ4n) is 2.93. The van der Waals surface area contributed by atoms with Gasteiger partial charge in [-0.25, -0.2) is 0 Å². The van der Waals surface area contributed by atoms with Crippen LogP contribution >= 0.6 is 0 Å². The quantitative estimate of drug-likeness (QED) is 0.591. The maximum atomic E-state index is 12.5. The number of hydrogen-bond donors (Lipinski definition) is 1. The third-order valence-corrected chi connectivity index (χ3v) is 4.46. The van der Waals surface area contributed by atoms with Gasteiger partial charge < -0.3 is 18.8 Å². The van der Waals surface area contributed by atoms with Gasteiger partial charge in [-0.2, -0.15) is 0 Å². The number of nitrogens with zero attached hydrogens (tertiary/aromatic N) is 1. The molecule has 0 atom stereocenters. The Labute approximate surface area is 159 Å². The maximum absolute atomic E-state index is 12.5. The van der Waals surface area contributed by atoms with Crippen LogP contribution in [0.5, 0.6) is 11.5 Å². The van der Waals surface area contributed by atoms with Gasteiger partial charge in [0.25, 0.3) is 0 Å². The highest BCUT2D eigenvalue weighted by Gasteiger charge is 2.09. The Balaban J connectivity index is 1.63. The second-order valence-corrected chi connectivity index (χ2v) is 6.41. The molecule has 0 bridgehead atoms. The zero-order valence-electron chi connectivity index (χ0n) is 15.1. The molecule has 0 fully saturated rings. The summed E-state index contributed by atoms with van der Waals surface area (Å²) in [5, 5.41) is 9.86. The molecule has 2 heterocycles. The third-order valence-electron chi connectivity index (χ3n) is 4.46. The summed E-state index contributed by atoms with van der Waals surface area (Å²) < 4.78 is 13.2. The van der Waals surface area contributed by atoms with E-state index < -0.39 is 5.43 Å². The van der Waals surface area contributed by atoms with Gasteiger partial charge in [0.05, 0.1) is 11.1 Å². The molecule has 6 heteroatoms. The van der Waals surface area contributed by atoms with Crippen molar-refractivity contribution in [1.29, 1.82) is 0 Å². The Morgan fingerprint density at radius 1 is 1.00 bits per heavy atom. The number of fused-ring (bicyclic) bond motifs is 1. The molecule has 0 aliphatic rings. The zero-order valence-corrected chi connectivity index (χ0v) is 15.1. The second kappa shape index (κ2) is 7.08. The third kappa shape index (κ3) is 3.40. The molecule has 2 aromatic carbocycles. The molecule has 1 N–H and O–H groups in total. The summed E-state index contributed by atoms with van der Waals surface area (Å²) in [5.41, 5.74) is 1.26. The van der Waals surface area contributed by atoms with Gasteiger partial charge in [-0.15, -0.1) is 0 Å². The highest BCUT2D eigenvalue weighted by atomic mass is 16.5. The highest BCUT2D eigenvalue weighted by molar-refractivity contribution is 5.80. The monoisotopic (exact) mass is 375 g/mol. The van der Waals surface area contributed by atoms with Crippen molar-refractivity contribution in [3.05, 3.63) is 93.0 Å². The molecular formula is C22H17NO5. The molecule has 0 saturated carbocycles. The first-order valence-corrected chi connectivity index (χ1v) is 8.66. The first kappa shape index (κ1) is 17.6. The van der Waals surface area contributed by atoms with Crippen LogP contribution in [0.4, 0.5) is 0 Å². The molecular weight excluding hydrogens is 358 g/mol. The molecule has 0 radical (unpaired) electrons. The van der Waals surface area contributed by atoms with E-state index in [4.69, 9.17) is 9.15 Å². The lowest BCUT2D eigenvalue weighted by Gasteiger charge is -2.11. The predicted molar refractivity (Wildman–Crippen MR) is 106 cm³/mol. The largest absolute Gasteiger partial charge is 0.503 e. The molecule has 6 nitrogen and oxygen atoms in total. The highest BCUT2D eigenvalue weighted by Crippen LogP contribution is 2.25. The molecule has 0 amide bonds. The average molecular weight is 375 g/mol. The number of hydrogen-bond acceptors (Lipinski definition) is 5. The first-order chi connectivity index (χ1) is 13.5. The lowest BCUT2D eigenvalue weighted by molar-refractivity contribution is 0.295. The lowest BCUT2D eigenvalue weighted by Crippen LogP contribution is -2.11. The number of rotatable bonds is 4. The minimum Gasteiger partial charge on any atom is -0.503 e. The number of aryl methyl sites for hydroxylation is 1. The molecule has 0 unspecified atom stereocenters. The van der Waals surface area contributed by atoms with Crippen LogP contribution in [0.1, 0.15) is 5.69 Å². The Kier molecular flexibility index (Phi) is 4.45. The topological polar surface area (TPSA) is 81.7 Å². The normalized spacial score (nSPS) is 10.9. The second-order valence-electron chi connectivity index (χ2n) is 6.41. The molecule has 0 saturated heterocycles. The van der Waals surface area contributed by atoms with Gasteiger partial charge in [0.1, 0.15) is 23.7 Å². The van der Waals surface area contributed by atoms with E-state index in [-0.39, 0.29) is 17.8 Å². The van der Waals surface area contributed by atoms with Gasteiger partial charge in [-0.3, -0.25) is 9.59 Å². The summed E-state index contributed by atoms with van der Waals surface area (Å²) in [7, 11) is 1.71. The van der Waals surface area contributed by atoms with Crippen molar-refractivity contribution in [1.82, 2.24) is 4.57 Å². The van der Waals surface area contributed by atoms with Crippen molar-refractivity contribution in [2.75, 3.05) is 0 Å². The predicted octanol–water partition coefficient (Wildman–Crippen LogP) is 3.44. The fraction of sp³-hybridized carbons (Fsp3) is 0.0909. The number of pyridine rings is 1. The Morgan fingerprint density at radius 3 is 2.57 bits per heavy atom. The number of aromatic hydroxyl groups is 1. The van der Waals surface area contributed by atoms with E-state index in [2.05, 4.69) is 0 Å². The van der Waals surface area contributed by atoms with Crippen molar-refractivity contribution < 1.29 is 14.3 Å². The van der Waals surface area contributed by atoms with Crippen LogP contribution < -0.4 is 15.6 Å². The van der Waals surface area contributed by atoms with Crippen molar-refractivity contribution in [3.63, 3.8) is 0 Å². The van der Waals surface area contributed by atoms with Crippen LogP contribution in [-0.4, -0.2) is 9.67 Å². The molecule has 0 spiro atoms. The van der Waals surface area contributed by atoms with Crippen molar-refractivity contribution in [2.24, 2.45) is 7.05 Å². The summed E-state index contributed by atoms with van der Waals surface area (Å²) in [4.78, 5) is 24.1. The maximum Gasteiger partial charge on any atom is 0.223 e. The standard InChI is InChI=1S/C22H17NO5/c1-23-12-20(26)19(25)9-15(23)13-27-16-7-8-21-17(10-16)18(24)11-22(28-21)14-5-3-2-4-6-14/h2-12,26H,13H2,1H3. The zero-order chi connectivity index (χ0) is 19.7. The first-order valence-electron chi connectivity index (χ1n) is 8.66. The van der Waals surface area contributed by atoms with Crippen LogP contribution in [0.25, 0.3) is 22.3 Å². The van der Waals surface area contributed by atoms with E-state index >= 15 is 0 Å². The van der Waals surface area contributed by atoms with Gasteiger partial charge >= 0.3 is 0 Å². The van der Waals surface area contributed by atoms with Gasteiger partial charge in [-0.1, -0.05) is 30.3 Å². The smallest absolute Gasteiger partial charge is 0.223 e. The summed E-state index contributed by atoms with van der Waals surface area (Å²) in [6.07, 6.45) is 1.33. The number of aromatic nitrogens is 1.